The van der Waals surface area contributed by atoms with Crippen LogP contribution in [0.15, 0.2) is 0 Å². The van der Waals surface area contributed by atoms with E-state index >= 15 is 0 Å². The first-order chi connectivity index (χ1) is 10.1. The number of urea groups is 1. The van der Waals surface area contributed by atoms with Crippen LogP contribution in [-0.4, -0.2) is 49.5 Å². The summed E-state index contributed by atoms with van der Waals surface area (Å²) < 4.78 is 44.2. The maximum atomic E-state index is 13.0. The van der Waals surface area contributed by atoms with Crippen LogP contribution in [0.5, 0.6) is 0 Å². The Bertz CT molecular complexity index is 420. The molecule has 7 heteroatoms. The molecule has 2 fully saturated rings. The molecule has 4 nitrogen and oxygen atoms in total. The number of rotatable bonds is 5. The number of amides is 2. The van der Waals surface area contributed by atoms with Crippen molar-refractivity contribution in [3.05, 3.63) is 0 Å². The molecule has 22 heavy (non-hydrogen) atoms. The van der Waals surface area contributed by atoms with Gasteiger partial charge in [0, 0.05) is 26.8 Å². The minimum atomic E-state index is -4.27. The van der Waals surface area contributed by atoms with Crippen LogP contribution >= 0.6 is 0 Å². The van der Waals surface area contributed by atoms with Crippen molar-refractivity contribution in [3.63, 3.8) is 0 Å². The largest absolute Gasteiger partial charge is 0.394 e. The van der Waals surface area contributed by atoms with Crippen LogP contribution in [0, 0.1) is 11.3 Å². The summed E-state index contributed by atoms with van der Waals surface area (Å²) in [4.78, 5) is 13.6. The van der Waals surface area contributed by atoms with Gasteiger partial charge in [-0.3, -0.25) is 0 Å². The fourth-order valence-electron chi connectivity index (χ4n) is 3.38. The summed E-state index contributed by atoms with van der Waals surface area (Å²) in [5.41, 5.74) is -1.12. The molecular formula is C15H25F3N2O2. The third kappa shape index (κ3) is 3.50. The second kappa shape index (κ2) is 5.91. The maximum Gasteiger partial charge on any atom is 0.394 e. The van der Waals surface area contributed by atoms with E-state index in [2.05, 4.69) is 5.32 Å². The van der Waals surface area contributed by atoms with Crippen molar-refractivity contribution < 1.29 is 22.7 Å². The summed E-state index contributed by atoms with van der Waals surface area (Å²) in [5, 5.41) is 2.83. The molecule has 0 aromatic heterocycles. The maximum absolute atomic E-state index is 13.0. The fraction of sp³-hybridized carbons (Fsp3) is 0.933. The highest BCUT2D eigenvalue weighted by Crippen LogP contribution is 2.48. The number of nitrogens with one attached hydrogen (secondary N) is 1. The molecule has 0 unspecified atom stereocenters. The number of nitrogens with zero attached hydrogens (tertiary/aromatic N) is 1. The molecule has 0 aromatic rings. The van der Waals surface area contributed by atoms with Crippen molar-refractivity contribution in [1.29, 1.82) is 0 Å². The third-order valence-electron chi connectivity index (χ3n) is 5.24. The Kier molecular flexibility index (Phi) is 4.66. The number of halogens is 3. The standard InChI is InChI=1S/C15H25F3N2O2/c1-13(2)11(15(16,17)18)4-8-20(13)12(21)19-10-14(5-6-14)7-9-22-3/h11H,4-10H2,1-3H3,(H,19,21)/t11-/m0/s1. The Hall–Kier alpha value is -0.980. The summed E-state index contributed by atoms with van der Waals surface area (Å²) >= 11 is 0. The topological polar surface area (TPSA) is 41.6 Å². The average molecular weight is 322 g/mol. The normalized spacial score (nSPS) is 26.1. The van der Waals surface area contributed by atoms with Gasteiger partial charge in [-0.1, -0.05) is 0 Å². The highest BCUT2D eigenvalue weighted by atomic mass is 19.4. The molecule has 1 aliphatic carbocycles. The van der Waals surface area contributed by atoms with Crippen molar-refractivity contribution in [3.8, 4) is 0 Å². The van der Waals surface area contributed by atoms with Gasteiger partial charge in [0.05, 0.1) is 11.5 Å². The van der Waals surface area contributed by atoms with E-state index in [-0.39, 0.29) is 24.4 Å². The summed E-state index contributed by atoms with van der Waals surface area (Å²) in [7, 11) is 1.64. The number of carbonyl (C=O) groups excluding carboxylic acids is 1. The number of methoxy groups -OCH3 is 1. The van der Waals surface area contributed by atoms with Crippen LogP contribution in [0.25, 0.3) is 0 Å². The molecule has 2 rings (SSSR count). The van der Waals surface area contributed by atoms with Gasteiger partial charge < -0.3 is 15.0 Å². The summed E-state index contributed by atoms with van der Waals surface area (Å²) in [6, 6.07) is -0.388. The van der Waals surface area contributed by atoms with Crippen molar-refractivity contribution in [2.24, 2.45) is 11.3 Å². The van der Waals surface area contributed by atoms with Gasteiger partial charge in [0.2, 0.25) is 0 Å². The van der Waals surface area contributed by atoms with E-state index in [1.54, 1.807) is 7.11 Å². The van der Waals surface area contributed by atoms with Crippen LogP contribution in [0.3, 0.4) is 0 Å². The Morgan fingerprint density at radius 1 is 1.36 bits per heavy atom. The Labute approximate surface area is 129 Å². The van der Waals surface area contributed by atoms with E-state index in [0.717, 1.165) is 19.3 Å². The third-order valence-corrected chi connectivity index (χ3v) is 5.24. The molecule has 1 saturated carbocycles. The van der Waals surface area contributed by atoms with Crippen LogP contribution in [0.1, 0.15) is 39.5 Å². The number of hydrogen-bond donors (Lipinski definition) is 1. The zero-order valence-electron chi connectivity index (χ0n) is 13.4. The lowest BCUT2D eigenvalue weighted by Gasteiger charge is -2.37. The Morgan fingerprint density at radius 3 is 2.45 bits per heavy atom. The highest BCUT2D eigenvalue weighted by Gasteiger charge is 2.56. The van der Waals surface area contributed by atoms with Crippen LogP contribution < -0.4 is 5.32 Å². The number of ether oxygens (including phenoxy) is 1. The van der Waals surface area contributed by atoms with Crippen molar-refractivity contribution in [1.82, 2.24) is 10.2 Å². The van der Waals surface area contributed by atoms with Gasteiger partial charge in [-0.25, -0.2) is 4.79 Å². The lowest BCUT2D eigenvalue weighted by atomic mass is 9.88. The first-order valence-electron chi connectivity index (χ1n) is 7.73. The number of carbonyl (C=O) groups is 1. The minimum Gasteiger partial charge on any atom is -0.385 e. The molecule has 1 atom stereocenters. The minimum absolute atomic E-state index is 0.0290. The molecule has 2 amide bonds. The second-order valence-corrected chi connectivity index (χ2v) is 7.09. The zero-order chi connectivity index (χ0) is 16.6. The van der Waals surface area contributed by atoms with Crippen molar-refractivity contribution >= 4 is 6.03 Å². The van der Waals surface area contributed by atoms with Crippen molar-refractivity contribution in [2.75, 3.05) is 26.8 Å². The van der Waals surface area contributed by atoms with Crippen LogP contribution in [-0.2, 0) is 4.74 Å². The quantitative estimate of drug-likeness (QED) is 0.845. The predicted octanol–water partition coefficient (Wildman–Crippen LogP) is 3.18. The summed E-state index contributed by atoms with van der Waals surface area (Å²) in [5.74, 6) is -1.46. The molecule has 0 spiro atoms. The number of likely N-dealkylation sites (tertiary alicyclic amines) is 1. The number of hydrogen-bond acceptors (Lipinski definition) is 2. The fourth-order valence-corrected chi connectivity index (χ4v) is 3.38. The van der Waals surface area contributed by atoms with E-state index in [1.165, 1.54) is 18.7 Å². The first kappa shape index (κ1) is 17.4. The first-order valence-corrected chi connectivity index (χ1v) is 7.73. The van der Waals surface area contributed by atoms with E-state index in [0.29, 0.717) is 13.2 Å². The number of alkyl halides is 3. The smallest absolute Gasteiger partial charge is 0.385 e. The molecule has 0 bridgehead atoms. The molecule has 128 valence electrons. The molecule has 1 saturated heterocycles. The van der Waals surface area contributed by atoms with Crippen molar-refractivity contribution in [2.45, 2.75) is 51.2 Å². The van der Waals surface area contributed by atoms with Gasteiger partial charge in [-0.15, -0.1) is 0 Å². The molecule has 0 aromatic carbocycles. The average Bonchev–Trinajstić information content (AvgIpc) is 3.09. The van der Waals surface area contributed by atoms with E-state index in [4.69, 9.17) is 4.74 Å². The molecule has 1 heterocycles. The van der Waals surface area contributed by atoms with Gasteiger partial charge in [0.25, 0.3) is 0 Å². The van der Waals surface area contributed by atoms with Gasteiger partial charge in [0.1, 0.15) is 0 Å². The zero-order valence-corrected chi connectivity index (χ0v) is 13.4. The van der Waals surface area contributed by atoms with Gasteiger partial charge in [0.15, 0.2) is 0 Å². The monoisotopic (exact) mass is 322 g/mol. The lowest BCUT2D eigenvalue weighted by Crippen LogP contribution is -2.53. The Balaban J connectivity index is 1.91. The van der Waals surface area contributed by atoms with Gasteiger partial charge in [-0.05, 0) is 44.9 Å². The van der Waals surface area contributed by atoms with Gasteiger partial charge >= 0.3 is 12.2 Å². The SMILES string of the molecule is COCCC1(CNC(=O)N2CC[C@H](C(F)(F)F)C2(C)C)CC1. The summed E-state index contributed by atoms with van der Waals surface area (Å²) in [6.07, 6.45) is -1.36. The molecule has 1 N–H and O–H groups in total. The predicted molar refractivity (Wildman–Crippen MR) is 76.5 cm³/mol. The lowest BCUT2D eigenvalue weighted by molar-refractivity contribution is -0.189. The van der Waals surface area contributed by atoms with Crippen LogP contribution in [0.2, 0.25) is 0 Å². The molecule has 0 radical (unpaired) electrons. The van der Waals surface area contributed by atoms with E-state index < -0.39 is 17.6 Å². The second-order valence-electron chi connectivity index (χ2n) is 7.09. The molecular weight excluding hydrogens is 297 g/mol. The van der Waals surface area contributed by atoms with E-state index in [9.17, 15) is 18.0 Å². The van der Waals surface area contributed by atoms with Gasteiger partial charge in [-0.2, -0.15) is 13.2 Å². The highest BCUT2D eigenvalue weighted by molar-refractivity contribution is 5.75. The Morgan fingerprint density at radius 2 is 2.00 bits per heavy atom. The molecule has 2 aliphatic rings. The van der Waals surface area contributed by atoms with Crippen LogP contribution in [0.4, 0.5) is 18.0 Å². The van der Waals surface area contributed by atoms with E-state index in [1.807, 2.05) is 0 Å². The molecule has 1 aliphatic heterocycles. The summed E-state index contributed by atoms with van der Waals surface area (Å²) in [6.45, 7) is 4.29.